The van der Waals surface area contributed by atoms with Gasteiger partial charge in [0.25, 0.3) is 0 Å². The summed E-state index contributed by atoms with van der Waals surface area (Å²) in [5.41, 5.74) is 0.972. The van der Waals surface area contributed by atoms with Crippen LogP contribution in [0, 0.1) is 0 Å². The fourth-order valence-electron chi connectivity index (χ4n) is 2.30. The van der Waals surface area contributed by atoms with Crippen molar-refractivity contribution in [3.05, 3.63) is 23.1 Å². The summed E-state index contributed by atoms with van der Waals surface area (Å²) in [4.78, 5) is 11.6. The van der Waals surface area contributed by atoms with E-state index in [1.807, 2.05) is 38.3 Å². The Bertz CT molecular complexity index is 672. The van der Waals surface area contributed by atoms with E-state index < -0.39 is 5.79 Å². The fraction of sp³-hybridized carbons (Fsp3) is 0.400. The van der Waals surface area contributed by atoms with Gasteiger partial charge in [-0.15, -0.1) is 11.3 Å². The number of thiophene rings is 1. The van der Waals surface area contributed by atoms with E-state index in [1.165, 1.54) is 0 Å². The highest BCUT2D eigenvalue weighted by Gasteiger charge is 2.32. The molecule has 20 heavy (non-hydrogen) atoms. The van der Waals surface area contributed by atoms with Crippen molar-refractivity contribution >= 4 is 27.4 Å². The quantitative estimate of drug-likeness (QED) is 0.812. The van der Waals surface area contributed by atoms with E-state index in [2.05, 4.69) is 0 Å². The zero-order valence-corrected chi connectivity index (χ0v) is 12.5. The predicted molar refractivity (Wildman–Crippen MR) is 77.5 cm³/mol. The van der Waals surface area contributed by atoms with Gasteiger partial charge >= 0.3 is 5.97 Å². The molecule has 0 radical (unpaired) electrons. The van der Waals surface area contributed by atoms with Gasteiger partial charge in [-0.1, -0.05) is 0 Å². The van der Waals surface area contributed by atoms with Crippen LogP contribution in [0.4, 0.5) is 0 Å². The topological polar surface area (TPSA) is 44.8 Å². The number of hydrogen-bond acceptors (Lipinski definition) is 5. The number of rotatable bonds is 3. The second kappa shape index (κ2) is 4.66. The molecule has 1 aromatic carbocycles. The highest BCUT2D eigenvalue weighted by atomic mass is 32.1. The van der Waals surface area contributed by atoms with E-state index in [1.54, 1.807) is 11.3 Å². The van der Waals surface area contributed by atoms with Gasteiger partial charge in [-0.05, 0) is 23.9 Å². The molecule has 2 heterocycles. The molecule has 4 nitrogen and oxygen atoms in total. The van der Waals surface area contributed by atoms with Crippen molar-refractivity contribution < 1.29 is 19.0 Å². The maximum atomic E-state index is 11.6. The van der Waals surface area contributed by atoms with E-state index in [4.69, 9.17) is 14.2 Å². The minimum absolute atomic E-state index is 0.204. The summed E-state index contributed by atoms with van der Waals surface area (Å²) in [6.07, 6.45) is 0.289. The van der Waals surface area contributed by atoms with Gasteiger partial charge in [0.2, 0.25) is 5.79 Å². The monoisotopic (exact) mass is 292 g/mol. The number of carbonyl (C=O) groups is 1. The van der Waals surface area contributed by atoms with Crippen LogP contribution in [0.1, 0.15) is 26.3 Å². The van der Waals surface area contributed by atoms with Crippen molar-refractivity contribution in [2.45, 2.75) is 33.0 Å². The Morgan fingerprint density at radius 3 is 2.70 bits per heavy atom. The molecule has 0 fully saturated rings. The Labute approximate surface area is 121 Å². The standard InChI is InChI=1S/C15H16O4S/c1-4-17-14(16)5-9-8-20-13-7-12-11(6-10(9)13)18-15(2,3)19-12/h6-8H,4-5H2,1-3H3. The van der Waals surface area contributed by atoms with Crippen LogP contribution in [0.5, 0.6) is 11.5 Å². The number of ether oxygens (including phenoxy) is 3. The molecule has 0 saturated carbocycles. The average Bonchev–Trinajstić information content (AvgIpc) is 2.85. The van der Waals surface area contributed by atoms with Crippen LogP contribution in [0.2, 0.25) is 0 Å². The smallest absolute Gasteiger partial charge is 0.310 e. The third kappa shape index (κ3) is 2.33. The average molecular weight is 292 g/mol. The molecule has 2 aromatic rings. The van der Waals surface area contributed by atoms with Gasteiger partial charge in [-0.3, -0.25) is 4.79 Å². The second-order valence-corrected chi connectivity index (χ2v) is 6.05. The first-order chi connectivity index (χ1) is 9.48. The Morgan fingerprint density at radius 2 is 2.00 bits per heavy atom. The van der Waals surface area contributed by atoms with Gasteiger partial charge < -0.3 is 14.2 Å². The summed E-state index contributed by atoms with van der Waals surface area (Å²) in [7, 11) is 0. The molecule has 0 unspecified atom stereocenters. The zero-order chi connectivity index (χ0) is 14.3. The van der Waals surface area contributed by atoms with Crippen molar-refractivity contribution in [1.82, 2.24) is 0 Å². The second-order valence-electron chi connectivity index (χ2n) is 5.14. The molecule has 0 N–H and O–H groups in total. The molecule has 1 aliphatic rings. The van der Waals surface area contributed by atoms with E-state index in [9.17, 15) is 4.79 Å². The largest absolute Gasteiger partial charge is 0.466 e. The van der Waals surface area contributed by atoms with Gasteiger partial charge in [-0.2, -0.15) is 0 Å². The summed E-state index contributed by atoms with van der Waals surface area (Å²) in [5.74, 6) is 0.649. The van der Waals surface area contributed by atoms with E-state index >= 15 is 0 Å². The Hall–Kier alpha value is -1.75. The lowest BCUT2D eigenvalue weighted by molar-refractivity contribution is -0.142. The van der Waals surface area contributed by atoms with E-state index in [-0.39, 0.29) is 12.4 Å². The molecule has 0 amide bonds. The van der Waals surface area contributed by atoms with Crippen molar-refractivity contribution in [3.8, 4) is 11.5 Å². The molecular weight excluding hydrogens is 276 g/mol. The molecule has 1 aliphatic heterocycles. The molecular formula is C15H16O4S. The van der Waals surface area contributed by atoms with Crippen LogP contribution in [0.25, 0.3) is 10.1 Å². The van der Waals surface area contributed by atoms with Gasteiger partial charge in [0.15, 0.2) is 11.5 Å². The maximum Gasteiger partial charge on any atom is 0.310 e. The van der Waals surface area contributed by atoms with Crippen LogP contribution < -0.4 is 9.47 Å². The van der Waals surface area contributed by atoms with Crippen LogP contribution in [0.15, 0.2) is 17.5 Å². The normalized spacial score (nSPS) is 15.6. The number of benzene rings is 1. The van der Waals surface area contributed by atoms with Crippen LogP contribution in [-0.2, 0) is 16.0 Å². The van der Waals surface area contributed by atoms with Crippen LogP contribution >= 0.6 is 11.3 Å². The van der Waals surface area contributed by atoms with Crippen molar-refractivity contribution in [2.75, 3.05) is 6.61 Å². The number of fused-ring (bicyclic) bond motifs is 2. The third-order valence-electron chi connectivity index (χ3n) is 3.07. The molecule has 0 bridgehead atoms. The molecule has 0 atom stereocenters. The fourth-order valence-corrected chi connectivity index (χ4v) is 3.27. The van der Waals surface area contributed by atoms with Gasteiger partial charge in [0, 0.05) is 30.0 Å². The minimum atomic E-state index is -0.632. The lowest BCUT2D eigenvalue weighted by atomic mass is 10.1. The lowest BCUT2D eigenvalue weighted by Gasteiger charge is -2.16. The molecule has 0 aliphatic carbocycles. The van der Waals surface area contributed by atoms with Crippen LogP contribution in [0.3, 0.4) is 0 Å². The van der Waals surface area contributed by atoms with Gasteiger partial charge in [0.05, 0.1) is 13.0 Å². The Kier molecular flexibility index (Phi) is 3.09. The first kappa shape index (κ1) is 13.2. The number of hydrogen-bond donors (Lipinski definition) is 0. The summed E-state index contributed by atoms with van der Waals surface area (Å²) >= 11 is 1.60. The first-order valence-corrected chi connectivity index (χ1v) is 7.44. The molecule has 0 spiro atoms. The molecule has 5 heteroatoms. The van der Waals surface area contributed by atoms with Crippen LogP contribution in [-0.4, -0.2) is 18.4 Å². The molecule has 1 aromatic heterocycles. The summed E-state index contributed by atoms with van der Waals surface area (Å²) < 4.78 is 17.6. The summed E-state index contributed by atoms with van der Waals surface area (Å²) in [5, 5.41) is 3.02. The van der Waals surface area contributed by atoms with Gasteiger partial charge in [-0.25, -0.2) is 0 Å². The highest BCUT2D eigenvalue weighted by Crippen LogP contribution is 2.44. The minimum Gasteiger partial charge on any atom is -0.466 e. The molecule has 106 valence electrons. The number of carbonyl (C=O) groups excluding carboxylic acids is 1. The SMILES string of the molecule is CCOC(=O)Cc1csc2cc3c(cc12)OC(C)(C)O3. The predicted octanol–water partition coefficient (Wildman–Crippen LogP) is 3.51. The summed E-state index contributed by atoms with van der Waals surface area (Å²) in [6.45, 7) is 5.96. The zero-order valence-electron chi connectivity index (χ0n) is 11.7. The summed E-state index contributed by atoms with van der Waals surface area (Å²) in [6, 6.07) is 3.92. The highest BCUT2D eigenvalue weighted by molar-refractivity contribution is 7.17. The van der Waals surface area contributed by atoms with Crippen molar-refractivity contribution in [3.63, 3.8) is 0 Å². The van der Waals surface area contributed by atoms with Gasteiger partial charge in [0.1, 0.15) is 0 Å². The Morgan fingerprint density at radius 1 is 1.30 bits per heavy atom. The molecule has 0 saturated heterocycles. The first-order valence-electron chi connectivity index (χ1n) is 6.56. The third-order valence-corrected chi connectivity index (χ3v) is 4.07. The van der Waals surface area contributed by atoms with Crippen molar-refractivity contribution in [1.29, 1.82) is 0 Å². The van der Waals surface area contributed by atoms with E-state index in [0.29, 0.717) is 6.61 Å². The Balaban J connectivity index is 1.96. The van der Waals surface area contributed by atoms with Crippen molar-refractivity contribution in [2.24, 2.45) is 0 Å². The van der Waals surface area contributed by atoms with E-state index in [0.717, 1.165) is 27.1 Å². The molecule has 3 rings (SSSR count). The maximum absolute atomic E-state index is 11.6. The lowest BCUT2D eigenvalue weighted by Crippen LogP contribution is -2.29. The number of esters is 1.